The van der Waals surface area contributed by atoms with Crippen LogP contribution in [0.3, 0.4) is 0 Å². The molecule has 5 atom stereocenters. The fourth-order valence-corrected chi connectivity index (χ4v) is 4.13. The minimum Gasteiger partial charge on any atom is -0.396 e. The fourth-order valence-electron chi connectivity index (χ4n) is 4.13. The van der Waals surface area contributed by atoms with Gasteiger partial charge in [0.2, 0.25) is 0 Å². The summed E-state index contributed by atoms with van der Waals surface area (Å²) in [7, 11) is 0. The Hall–Kier alpha value is -1.19. The van der Waals surface area contributed by atoms with E-state index in [1.807, 2.05) is 12.3 Å². The van der Waals surface area contributed by atoms with Crippen LogP contribution in [0.5, 0.6) is 0 Å². The maximum absolute atomic E-state index is 9.96. The van der Waals surface area contributed by atoms with Gasteiger partial charge in [-0.05, 0) is 30.4 Å². The van der Waals surface area contributed by atoms with Crippen LogP contribution in [-0.4, -0.2) is 23.3 Å². The Morgan fingerprint density at radius 2 is 2.25 bits per heavy atom. The highest BCUT2D eigenvalue weighted by atomic mass is 16.5. The molecule has 0 spiro atoms. The maximum atomic E-state index is 9.96. The van der Waals surface area contributed by atoms with Crippen molar-refractivity contribution in [3.8, 4) is 0 Å². The molecule has 0 aromatic carbocycles. The van der Waals surface area contributed by atoms with Crippen LogP contribution in [0.2, 0.25) is 0 Å². The maximum Gasteiger partial charge on any atom is 0.0907 e. The van der Waals surface area contributed by atoms with Crippen LogP contribution < -0.4 is 0 Å². The van der Waals surface area contributed by atoms with Crippen molar-refractivity contribution < 1.29 is 9.84 Å². The van der Waals surface area contributed by atoms with E-state index in [2.05, 4.69) is 37.9 Å². The van der Waals surface area contributed by atoms with Gasteiger partial charge >= 0.3 is 0 Å². The van der Waals surface area contributed by atoms with Crippen molar-refractivity contribution in [3.63, 3.8) is 0 Å². The Bertz CT molecular complexity index is 513. The molecule has 1 aliphatic heterocycles. The molecule has 2 bridgehead atoms. The molecular weight excluding hydrogens is 250 g/mol. The normalized spacial score (nSPS) is 40.3. The number of allylic oxidation sites excluding steroid dienone is 1. The number of nitrogens with zero attached hydrogens (tertiary/aromatic N) is 1. The third-order valence-corrected chi connectivity index (χ3v) is 5.56. The molecule has 1 saturated heterocycles. The van der Waals surface area contributed by atoms with Crippen LogP contribution in [0, 0.1) is 23.2 Å². The summed E-state index contributed by atoms with van der Waals surface area (Å²) in [6.45, 7) is 7.46. The minimum atomic E-state index is -0.136. The molecule has 1 N–H and O–H groups in total. The first-order valence-electron chi connectivity index (χ1n) is 7.41. The highest BCUT2D eigenvalue weighted by Gasteiger charge is 2.53. The molecule has 0 unspecified atom stereocenters. The summed E-state index contributed by atoms with van der Waals surface area (Å²) in [5.41, 5.74) is 2.38. The van der Waals surface area contributed by atoms with Gasteiger partial charge in [-0.1, -0.05) is 31.6 Å². The molecule has 2 aliphatic rings. The zero-order valence-electron chi connectivity index (χ0n) is 12.4. The van der Waals surface area contributed by atoms with Crippen LogP contribution in [0.25, 0.3) is 0 Å². The topological polar surface area (TPSA) is 42.4 Å². The van der Waals surface area contributed by atoms with Crippen molar-refractivity contribution in [2.45, 2.75) is 26.9 Å². The first-order valence-corrected chi connectivity index (χ1v) is 7.41. The smallest absolute Gasteiger partial charge is 0.0907 e. The monoisotopic (exact) mass is 273 g/mol. The molecule has 0 radical (unpaired) electrons. The lowest BCUT2D eigenvalue weighted by Gasteiger charge is -2.55. The standard InChI is InChI=1S/C17H23NO2/c1-11-7-12(2)17(9-19)10-20-16(15(11)13(17)3)14-5-4-6-18-8-14/h4-8,12-13,15-16,19H,9-10H2,1-3H3/t12-,13-,15+,16-,17-/m1/s1. The van der Waals surface area contributed by atoms with Crippen molar-refractivity contribution in [3.05, 3.63) is 41.7 Å². The Morgan fingerprint density at radius 1 is 1.45 bits per heavy atom. The van der Waals surface area contributed by atoms with Crippen molar-refractivity contribution in [2.24, 2.45) is 23.2 Å². The summed E-state index contributed by atoms with van der Waals surface area (Å²) in [5, 5.41) is 9.96. The Labute approximate surface area is 120 Å². The predicted octanol–water partition coefficient (Wildman–Crippen LogP) is 2.98. The summed E-state index contributed by atoms with van der Waals surface area (Å²) in [6.07, 6.45) is 6.07. The van der Waals surface area contributed by atoms with Crippen LogP contribution >= 0.6 is 0 Å². The van der Waals surface area contributed by atoms with Gasteiger partial charge in [0.15, 0.2) is 0 Å². The second-order valence-corrected chi connectivity index (χ2v) is 6.42. The molecule has 1 aliphatic carbocycles. The SMILES string of the molecule is CC1=C[C@@H](C)[C@@]2(CO)CO[C@H](c3cccnc3)[C@@H]1[C@H]2C. The molecule has 108 valence electrons. The lowest BCUT2D eigenvalue weighted by Crippen LogP contribution is -2.53. The quantitative estimate of drug-likeness (QED) is 0.842. The number of rotatable bonds is 2. The first kappa shape index (κ1) is 13.8. The number of ether oxygens (including phenoxy) is 1. The Morgan fingerprint density at radius 3 is 2.90 bits per heavy atom. The van der Waals surface area contributed by atoms with E-state index in [0.717, 1.165) is 5.56 Å². The third-order valence-electron chi connectivity index (χ3n) is 5.56. The van der Waals surface area contributed by atoms with Crippen LogP contribution in [0.1, 0.15) is 32.4 Å². The number of pyridine rings is 1. The summed E-state index contributed by atoms with van der Waals surface area (Å²) < 4.78 is 6.20. The second-order valence-electron chi connectivity index (χ2n) is 6.42. The molecule has 0 saturated carbocycles. The number of aromatic nitrogens is 1. The van der Waals surface area contributed by atoms with Crippen molar-refractivity contribution >= 4 is 0 Å². The van der Waals surface area contributed by atoms with Gasteiger partial charge in [0.05, 0.1) is 19.3 Å². The zero-order valence-corrected chi connectivity index (χ0v) is 12.4. The van der Waals surface area contributed by atoms with Crippen LogP contribution in [0.15, 0.2) is 36.2 Å². The Kier molecular flexibility index (Phi) is 3.43. The Balaban J connectivity index is 2.02. The highest BCUT2D eigenvalue weighted by Crippen LogP contribution is 2.55. The zero-order chi connectivity index (χ0) is 14.3. The number of fused-ring (bicyclic) bond motifs is 2. The summed E-state index contributed by atoms with van der Waals surface area (Å²) in [6, 6.07) is 4.05. The fraction of sp³-hybridized carbons (Fsp3) is 0.588. The number of aliphatic hydroxyl groups excluding tert-OH is 1. The van der Waals surface area contributed by atoms with E-state index in [4.69, 9.17) is 4.74 Å². The van der Waals surface area contributed by atoms with Crippen molar-refractivity contribution in [1.82, 2.24) is 4.98 Å². The summed E-state index contributed by atoms with van der Waals surface area (Å²) in [5.74, 6) is 1.09. The first-order chi connectivity index (χ1) is 9.60. The van der Waals surface area contributed by atoms with E-state index in [-0.39, 0.29) is 18.1 Å². The lowest BCUT2D eigenvalue weighted by molar-refractivity contribution is -0.165. The van der Waals surface area contributed by atoms with Gasteiger partial charge < -0.3 is 9.84 Å². The highest BCUT2D eigenvalue weighted by molar-refractivity contribution is 5.26. The number of aliphatic hydroxyl groups is 1. The van der Waals surface area contributed by atoms with E-state index >= 15 is 0 Å². The molecule has 3 rings (SSSR count). The molecule has 0 amide bonds. The molecule has 1 aromatic heterocycles. The van der Waals surface area contributed by atoms with Gasteiger partial charge in [0, 0.05) is 23.7 Å². The van der Waals surface area contributed by atoms with Gasteiger partial charge in [-0.15, -0.1) is 0 Å². The number of hydrogen-bond donors (Lipinski definition) is 1. The molecule has 20 heavy (non-hydrogen) atoms. The average molecular weight is 273 g/mol. The second kappa shape index (κ2) is 4.97. The molecule has 3 nitrogen and oxygen atoms in total. The van der Waals surface area contributed by atoms with Gasteiger partial charge in [-0.3, -0.25) is 4.98 Å². The van der Waals surface area contributed by atoms with E-state index in [9.17, 15) is 5.11 Å². The van der Waals surface area contributed by atoms with Crippen LogP contribution in [-0.2, 0) is 4.74 Å². The van der Waals surface area contributed by atoms with Gasteiger partial charge in [0.1, 0.15) is 0 Å². The van der Waals surface area contributed by atoms with E-state index < -0.39 is 0 Å². The summed E-state index contributed by atoms with van der Waals surface area (Å²) in [4.78, 5) is 4.22. The molecular formula is C17H23NO2. The molecule has 1 fully saturated rings. The minimum absolute atomic E-state index is 0.0575. The average Bonchev–Trinajstić information content (AvgIpc) is 2.46. The predicted molar refractivity (Wildman–Crippen MR) is 78.0 cm³/mol. The van der Waals surface area contributed by atoms with E-state index in [0.29, 0.717) is 24.4 Å². The lowest BCUT2D eigenvalue weighted by atomic mass is 9.56. The van der Waals surface area contributed by atoms with E-state index in [1.54, 1.807) is 6.20 Å². The van der Waals surface area contributed by atoms with Gasteiger partial charge in [-0.2, -0.15) is 0 Å². The molecule has 1 aromatic rings. The van der Waals surface area contributed by atoms with Gasteiger partial charge in [0.25, 0.3) is 0 Å². The third kappa shape index (κ3) is 1.84. The van der Waals surface area contributed by atoms with Crippen molar-refractivity contribution in [1.29, 1.82) is 0 Å². The number of hydrogen-bond acceptors (Lipinski definition) is 3. The van der Waals surface area contributed by atoms with Gasteiger partial charge in [-0.25, -0.2) is 0 Å². The van der Waals surface area contributed by atoms with Crippen molar-refractivity contribution in [2.75, 3.05) is 13.2 Å². The van der Waals surface area contributed by atoms with E-state index in [1.165, 1.54) is 5.57 Å². The summed E-state index contributed by atoms with van der Waals surface area (Å²) >= 11 is 0. The molecule has 3 heteroatoms. The van der Waals surface area contributed by atoms with Crippen LogP contribution in [0.4, 0.5) is 0 Å². The molecule has 2 heterocycles. The largest absolute Gasteiger partial charge is 0.396 e.